The zero-order valence-corrected chi connectivity index (χ0v) is 16.2. The van der Waals surface area contributed by atoms with Gasteiger partial charge in [0.2, 0.25) is 10.0 Å². The van der Waals surface area contributed by atoms with E-state index in [1.807, 2.05) is 37.3 Å². The number of sulfonamides is 1. The maximum Gasteiger partial charge on any atom is 0.241 e. The molecule has 27 heavy (non-hydrogen) atoms. The Morgan fingerprint density at radius 1 is 1.00 bits per heavy atom. The van der Waals surface area contributed by atoms with Gasteiger partial charge in [0, 0.05) is 0 Å². The maximum absolute atomic E-state index is 12.9. The maximum atomic E-state index is 12.9. The summed E-state index contributed by atoms with van der Waals surface area (Å²) in [6.07, 6.45) is 0. The first kappa shape index (κ1) is 19.1. The molecular weight excluding hydrogens is 362 g/mol. The van der Waals surface area contributed by atoms with Crippen molar-refractivity contribution < 1.29 is 17.6 Å². The number of Topliss-reactive ketones (excluding diaryl/α,β-unsaturated/α-hetero) is 1. The molecule has 0 saturated heterocycles. The number of carbonyl (C=O) groups is 1. The predicted molar refractivity (Wildman–Crippen MR) is 103 cm³/mol. The van der Waals surface area contributed by atoms with Crippen molar-refractivity contribution in [1.29, 1.82) is 0 Å². The summed E-state index contributed by atoms with van der Waals surface area (Å²) in [5.41, 5.74) is 2.14. The lowest BCUT2D eigenvalue weighted by atomic mass is 10.0. The van der Waals surface area contributed by atoms with Crippen LogP contribution in [0.15, 0.2) is 70.0 Å². The van der Waals surface area contributed by atoms with Crippen molar-refractivity contribution in [2.75, 3.05) is 0 Å². The van der Waals surface area contributed by atoms with Gasteiger partial charge in [0.1, 0.15) is 17.6 Å². The molecule has 3 rings (SSSR count). The molecule has 6 heteroatoms. The molecule has 0 saturated carbocycles. The standard InChI is InChI=1S/C21H21NO4S/c1-14-9-11-18(12-10-14)27(24,25)22-21(17-7-5-4-6-8-17)20-13-19(15(2)23)16(3)26-20/h4-13,21-22H,1-3H3. The summed E-state index contributed by atoms with van der Waals surface area (Å²) in [5.74, 6) is 0.711. The fourth-order valence-electron chi connectivity index (χ4n) is 2.87. The largest absolute Gasteiger partial charge is 0.464 e. The van der Waals surface area contributed by atoms with E-state index in [4.69, 9.17) is 4.42 Å². The van der Waals surface area contributed by atoms with Gasteiger partial charge in [-0.25, -0.2) is 8.42 Å². The number of furan rings is 1. The van der Waals surface area contributed by atoms with Gasteiger partial charge in [0.15, 0.2) is 5.78 Å². The molecule has 3 aromatic rings. The lowest BCUT2D eigenvalue weighted by molar-refractivity contribution is 0.101. The highest BCUT2D eigenvalue weighted by Crippen LogP contribution is 2.28. The Bertz CT molecular complexity index is 1050. The first-order valence-corrected chi connectivity index (χ1v) is 10.0. The van der Waals surface area contributed by atoms with Gasteiger partial charge in [-0.1, -0.05) is 48.0 Å². The third-order valence-corrected chi connectivity index (χ3v) is 5.78. The molecule has 0 aliphatic heterocycles. The van der Waals surface area contributed by atoms with Gasteiger partial charge in [0.05, 0.1) is 10.5 Å². The van der Waals surface area contributed by atoms with Gasteiger partial charge in [-0.2, -0.15) is 4.72 Å². The number of carbonyl (C=O) groups excluding carboxylic acids is 1. The summed E-state index contributed by atoms with van der Waals surface area (Å²) in [5, 5.41) is 0. The van der Waals surface area contributed by atoms with Crippen molar-refractivity contribution in [3.05, 3.63) is 88.9 Å². The van der Waals surface area contributed by atoms with E-state index in [0.717, 1.165) is 11.1 Å². The van der Waals surface area contributed by atoms with Crippen molar-refractivity contribution in [2.24, 2.45) is 0 Å². The minimum atomic E-state index is -3.79. The Hall–Kier alpha value is -2.70. The second kappa shape index (κ2) is 7.50. The Balaban J connectivity index is 2.04. The lowest BCUT2D eigenvalue weighted by Crippen LogP contribution is -2.29. The molecule has 0 spiro atoms. The van der Waals surface area contributed by atoms with Crippen molar-refractivity contribution in [3.63, 3.8) is 0 Å². The van der Waals surface area contributed by atoms with Crippen LogP contribution in [0, 0.1) is 13.8 Å². The first-order chi connectivity index (χ1) is 12.8. The molecule has 0 aliphatic carbocycles. The first-order valence-electron chi connectivity index (χ1n) is 8.53. The highest BCUT2D eigenvalue weighted by Gasteiger charge is 2.26. The molecule has 1 atom stereocenters. The molecule has 0 amide bonds. The topological polar surface area (TPSA) is 76.4 Å². The quantitative estimate of drug-likeness (QED) is 0.648. The third kappa shape index (κ3) is 4.18. The summed E-state index contributed by atoms with van der Waals surface area (Å²) in [7, 11) is -3.79. The van der Waals surface area contributed by atoms with Crippen LogP contribution >= 0.6 is 0 Å². The number of ketones is 1. The van der Waals surface area contributed by atoms with E-state index in [1.54, 1.807) is 37.3 Å². The molecule has 0 radical (unpaired) electrons. The van der Waals surface area contributed by atoms with Crippen LogP contribution in [0.4, 0.5) is 0 Å². The minimum Gasteiger partial charge on any atom is -0.464 e. The van der Waals surface area contributed by atoms with Crippen molar-refractivity contribution in [3.8, 4) is 0 Å². The smallest absolute Gasteiger partial charge is 0.241 e. The molecule has 140 valence electrons. The number of rotatable bonds is 6. The van der Waals surface area contributed by atoms with Crippen molar-refractivity contribution >= 4 is 15.8 Å². The molecule has 1 unspecified atom stereocenters. The van der Waals surface area contributed by atoms with E-state index in [9.17, 15) is 13.2 Å². The lowest BCUT2D eigenvalue weighted by Gasteiger charge is -2.17. The molecule has 1 aromatic heterocycles. The normalized spacial score (nSPS) is 12.7. The Morgan fingerprint density at radius 2 is 1.63 bits per heavy atom. The van der Waals surface area contributed by atoms with Gasteiger partial charge in [-0.05, 0) is 44.5 Å². The Kier molecular flexibility index (Phi) is 5.30. The fourth-order valence-corrected chi connectivity index (χ4v) is 4.07. The van der Waals surface area contributed by atoms with E-state index in [1.165, 1.54) is 6.92 Å². The van der Waals surface area contributed by atoms with Gasteiger partial charge >= 0.3 is 0 Å². The molecule has 0 aliphatic rings. The van der Waals surface area contributed by atoms with E-state index in [-0.39, 0.29) is 10.7 Å². The van der Waals surface area contributed by atoms with Crippen LogP contribution in [0.5, 0.6) is 0 Å². The van der Waals surface area contributed by atoms with Crippen LogP contribution in [0.25, 0.3) is 0 Å². The average molecular weight is 383 g/mol. The number of aryl methyl sites for hydroxylation is 2. The summed E-state index contributed by atoms with van der Waals surface area (Å²) >= 11 is 0. The summed E-state index contributed by atoms with van der Waals surface area (Å²) in [6, 6.07) is 16.6. The van der Waals surface area contributed by atoms with E-state index in [2.05, 4.69) is 4.72 Å². The third-order valence-electron chi connectivity index (χ3n) is 4.34. The number of hydrogen-bond acceptors (Lipinski definition) is 4. The predicted octanol–water partition coefficient (Wildman–Crippen LogP) is 4.17. The fraction of sp³-hybridized carbons (Fsp3) is 0.190. The second-order valence-corrected chi connectivity index (χ2v) is 8.17. The Morgan fingerprint density at radius 3 is 2.19 bits per heavy atom. The minimum absolute atomic E-state index is 0.129. The van der Waals surface area contributed by atoms with Crippen molar-refractivity contribution in [2.45, 2.75) is 31.7 Å². The summed E-state index contributed by atoms with van der Waals surface area (Å²) in [6.45, 7) is 5.04. The van der Waals surface area contributed by atoms with Crippen LogP contribution in [-0.4, -0.2) is 14.2 Å². The second-order valence-electron chi connectivity index (χ2n) is 6.45. The number of nitrogens with one attached hydrogen (secondary N) is 1. The highest BCUT2D eigenvalue weighted by atomic mass is 32.2. The molecule has 1 N–H and O–H groups in total. The monoisotopic (exact) mass is 383 g/mol. The molecule has 0 fully saturated rings. The van der Waals surface area contributed by atoms with E-state index in [0.29, 0.717) is 17.1 Å². The van der Waals surface area contributed by atoms with Gasteiger partial charge in [0.25, 0.3) is 0 Å². The number of benzene rings is 2. The summed E-state index contributed by atoms with van der Waals surface area (Å²) in [4.78, 5) is 11.9. The molecule has 5 nitrogen and oxygen atoms in total. The highest BCUT2D eigenvalue weighted by molar-refractivity contribution is 7.89. The van der Waals surface area contributed by atoms with Crippen LogP contribution in [-0.2, 0) is 10.0 Å². The van der Waals surface area contributed by atoms with Gasteiger partial charge < -0.3 is 4.42 Å². The van der Waals surface area contributed by atoms with Crippen molar-refractivity contribution in [1.82, 2.24) is 4.72 Å². The van der Waals surface area contributed by atoms with Gasteiger partial charge in [-0.15, -0.1) is 0 Å². The molecular formula is C21H21NO4S. The molecule has 2 aromatic carbocycles. The zero-order chi connectivity index (χ0) is 19.6. The SMILES string of the molecule is CC(=O)c1cc(C(NS(=O)(=O)c2ccc(C)cc2)c2ccccc2)oc1C. The van der Waals surface area contributed by atoms with E-state index < -0.39 is 16.1 Å². The zero-order valence-electron chi connectivity index (χ0n) is 15.4. The van der Waals surface area contributed by atoms with E-state index >= 15 is 0 Å². The average Bonchev–Trinajstić information content (AvgIpc) is 3.03. The summed E-state index contributed by atoms with van der Waals surface area (Å²) < 4.78 is 34.3. The molecule has 1 heterocycles. The van der Waals surface area contributed by atoms with Crippen LogP contribution in [0.2, 0.25) is 0 Å². The number of hydrogen-bond donors (Lipinski definition) is 1. The van der Waals surface area contributed by atoms with Crippen LogP contribution in [0.1, 0.15) is 46.0 Å². The van der Waals surface area contributed by atoms with Gasteiger partial charge in [-0.3, -0.25) is 4.79 Å². The van der Waals surface area contributed by atoms with Crippen LogP contribution < -0.4 is 4.72 Å². The molecule has 0 bridgehead atoms. The Labute approximate surface area is 159 Å². The van der Waals surface area contributed by atoms with Crippen LogP contribution in [0.3, 0.4) is 0 Å².